The Labute approximate surface area is 94.9 Å². The Morgan fingerprint density at radius 3 is 1.94 bits per heavy atom. The van der Waals surface area contributed by atoms with E-state index in [2.05, 4.69) is 4.52 Å². The quantitative estimate of drug-likeness (QED) is 0.236. The number of carbonyl (C=O) groups excluding carboxylic acids is 1. The fourth-order valence-electron chi connectivity index (χ4n) is 0.833. The summed E-state index contributed by atoms with van der Waals surface area (Å²) in [5.74, 6) is -1.88. The molecule has 0 saturated heterocycles. The average Bonchev–Trinajstić information content (AvgIpc) is 2.22. The molecule has 0 aliphatic heterocycles. The first-order chi connectivity index (χ1) is 7.60. The summed E-state index contributed by atoms with van der Waals surface area (Å²) >= 11 is 0. The van der Waals surface area contributed by atoms with Gasteiger partial charge < -0.3 is 30.1 Å². The minimum atomic E-state index is -5.19. The topological polar surface area (TPSA) is 185 Å². The summed E-state index contributed by atoms with van der Waals surface area (Å²) in [6.45, 7) is -0.960. The highest BCUT2D eigenvalue weighted by Crippen LogP contribution is 2.36. The number of phosphoric ester groups is 1. The number of hydrogen-bond donors (Lipinski definition) is 7. The van der Waals surface area contributed by atoms with Gasteiger partial charge in [-0.1, -0.05) is 0 Å². The maximum atomic E-state index is 10.8. The van der Waals surface area contributed by atoms with Crippen molar-refractivity contribution < 1.29 is 49.2 Å². The molecule has 4 atom stereocenters. The van der Waals surface area contributed by atoms with Gasteiger partial charge in [-0.05, 0) is 0 Å². The number of rotatable bonds is 6. The van der Waals surface area contributed by atoms with Crippen molar-refractivity contribution in [2.45, 2.75) is 24.4 Å². The maximum absolute atomic E-state index is 10.8. The molecule has 10 nitrogen and oxygen atoms in total. The van der Waals surface area contributed by atoms with Gasteiger partial charge in [0, 0.05) is 0 Å². The van der Waals surface area contributed by atoms with E-state index in [0.29, 0.717) is 0 Å². The maximum Gasteiger partial charge on any atom is 0.527 e. The summed E-state index contributed by atoms with van der Waals surface area (Å²) in [5, 5.41) is 44.6. The molecule has 0 amide bonds. The molecule has 0 saturated carbocycles. The van der Waals surface area contributed by atoms with Gasteiger partial charge in [-0.3, -0.25) is 9.79 Å². The summed E-state index contributed by atoms with van der Waals surface area (Å²) < 4.78 is 13.7. The third-order valence-corrected chi connectivity index (χ3v) is 2.12. The van der Waals surface area contributed by atoms with Crippen molar-refractivity contribution in [3.8, 4) is 0 Å². The van der Waals surface area contributed by atoms with E-state index in [0.717, 1.165) is 0 Å². The van der Waals surface area contributed by atoms with E-state index in [1.165, 1.54) is 0 Å². The lowest BCUT2D eigenvalue weighted by atomic mass is 10.0. The minimum Gasteiger partial charge on any atom is -0.394 e. The van der Waals surface area contributed by atoms with Crippen LogP contribution in [0.15, 0.2) is 0 Å². The average molecular weight is 276 g/mol. The minimum absolute atomic E-state index is 0.960. The third kappa shape index (κ3) is 5.52. The van der Waals surface area contributed by atoms with Gasteiger partial charge in [0.1, 0.15) is 18.3 Å². The lowest BCUT2D eigenvalue weighted by Crippen LogP contribution is -2.48. The smallest absolute Gasteiger partial charge is 0.394 e. The molecule has 11 heteroatoms. The third-order valence-electron chi connectivity index (χ3n) is 1.71. The molecule has 0 aliphatic rings. The number of aliphatic hydroxyl groups is 5. The largest absolute Gasteiger partial charge is 0.527 e. The SMILES string of the molecule is O=C(OP(=O)(O)O)[C@@H](O)[C@@H](O)[C@H](O)[C@@H](O)CO. The zero-order valence-corrected chi connectivity index (χ0v) is 9.21. The van der Waals surface area contributed by atoms with Gasteiger partial charge in [0.25, 0.3) is 0 Å². The Kier molecular flexibility index (Phi) is 6.16. The molecule has 0 heterocycles. The predicted octanol–water partition coefficient (Wildman–Crippen LogP) is -3.94. The molecule has 0 radical (unpaired) electrons. The van der Waals surface area contributed by atoms with Crippen molar-refractivity contribution in [2.75, 3.05) is 6.61 Å². The number of carbonyl (C=O) groups is 1. The lowest BCUT2D eigenvalue weighted by molar-refractivity contribution is -0.162. The molecule has 0 unspecified atom stereocenters. The van der Waals surface area contributed by atoms with Crippen LogP contribution in [0.4, 0.5) is 0 Å². The molecule has 0 aromatic carbocycles. The molecule has 0 aromatic rings. The predicted molar refractivity (Wildman–Crippen MR) is 49.2 cm³/mol. The van der Waals surface area contributed by atoms with Crippen LogP contribution >= 0.6 is 7.82 Å². The van der Waals surface area contributed by atoms with Crippen LogP contribution in [-0.4, -0.2) is 72.3 Å². The summed E-state index contributed by atoms with van der Waals surface area (Å²) in [5.41, 5.74) is 0. The van der Waals surface area contributed by atoms with Crippen molar-refractivity contribution in [2.24, 2.45) is 0 Å². The highest BCUT2D eigenvalue weighted by molar-refractivity contribution is 7.46. The van der Waals surface area contributed by atoms with E-state index < -0.39 is 44.8 Å². The number of aliphatic hydroxyl groups excluding tert-OH is 5. The van der Waals surface area contributed by atoms with Crippen molar-refractivity contribution >= 4 is 13.8 Å². The fraction of sp³-hybridized carbons (Fsp3) is 0.833. The zero-order valence-electron chi connectivity index (χ0n) is 8.32. The van der Waals surface area contributed by atoms with Crippen LogP contribution in [0.25, 0.3) is 0 Å². The van der Waals surface area contributed by atoms with Gasteiger partial charge in [-0.25, -0.2) is 9.36 Å². The molecular weight excluding hydrogens is 263 g/mol. The van der Waals surface area contributed by atoms with Crippen LogP contribution in [0, 0.1) is 0 Å². The van der Waals surface area contributed by atoms with Gasteiger partial charge >= 0.3 is 13.8 Å². The molecule has 0 spiro atoms. The van der Waals surface area contributed by atoms with Gasteiger partial charge in [0.15, 0.2) is 6.10 Å². The number of phosphoric acid groups is 1. The van der Waals surface area contributed by atoms with Crippen LogP contribution < -0.4 is 0 Å². The van der Waals surface area contributed by atoms with Crippen LogP contribution in [-0.2, 0) is 13.9 Å². The van der Waals surface area contributed by atoms with Crippen LogP contribution in [0.1, 0.15) is 0 Å². The van der Waals surface area contributed by atoms with E-state index in [1.807, 2.05) is 0 Å². The molecule has 17 heavy (non-hydrogen) atoms. The summed E-state index contributed by atoms with van der Waals surface area (Å²) in [6.07, 6.45) is -8.71. The standard InChI is InChI=1S/C6H13O10P/c7-1-2(8)3(9)4(10)5(11)6(12)16-17(13,14)15/h2-5,7-11H,1H2,(H2,13,14,15)/t2-,3+,4-,5-/m0/s1. The molecule has 0 aromatic heterocycles. The van der Waals surface area contributed by atoms with Gasteiger partial charge in [-0.2, -0.15) is 0 Å². The first-order valence-corrected chi connectivity index (χ1v) is 5.75. The second kappa shape index (κ2) is 6.38. The van der Waals surface area contributed by atoms with Crippen molar-refractivity contribution in [3.05, 3.63) is 0 Å². The van der Waals surface area contributed by atoms with Crippen molar-refractivity contribution in [1.82, 2.24) is 0 Å². The zero-order chi connectivity index (χ0) is 13.8. The highest BCUT2D eigenvalue weighted by Gasteiger charge is 2.37. The monoisotopic (exact) mass is 276 g/mol. The van der Waals surface area contributed by atoms with E-state index in [9.17, 15) is 9.36 Å². The Morgan fingerprint density at radius 2 is 1.59 bits per heavy atom. The van der Waals surface area contributed by atoms with Crippen LogP contribution in [0.2, 0.25) is 0 Å². The van der Waals surface area contributed by atoms with Crippen molar-refractivity contribution in [1.29, 1.82) is 0 Å². The van der Waals surface area contributed by atoms with Gasteiger partial charge in [-0.15, -0.1) is 0 Å². The second-order valence-electron chi connectivity index (χ2n) is 3.08. The van der Waals surface area contributed by atoms with E-state index in [4.69, 9.17) is 35.3 Å². The van der Waals surface area contributed by atoms with E-state index in [1.54, 1.807) is 0 Å². The Bertz CT molecular complexity index is 299. The molecule has 0 bridgehead atoms. The second-order valence-corrected chi connectivity index (χ2v) is 4.24. The Morgan fingerprint density at radius 1 is 1.12 bits per heavy atom. The van der Waals surface area contributed by atoms with Gasteiger partial charge in [0.2, 0.25) is 0 Å². The molecular formula is C6H13O10P. The number of hydrogen-bond acceptors (Lipinski definition) is 8. The molecule has 0 rings (SSSR count). The van der Waals surface area contributed by atoms with E-state index >= 15 is 0 Å². The van der Waals surface area contributed by atoms with E-state index in [-0.39, 0.29) is 0 Å². The Balaban J connectivity index is 4.54. The summed E-state index contributed by atoms with van der Waals surface area (Å²) in [6, 6.07) is 0. The first kappa shape index (κ1) is 16.4. The molecule has 102 valence electrons. The molecule has 0 aliphatic carbocycles. The first-order valence-electron chi connectivity index (χ1n) is 4.22. The van der Waals surface area contributed by atoms with Crippen LogP contribution in [0.5, 0.6) is 0 Å². The fourth-order valence-corrected chi connectivity index (χ4v) is 1.18. The van der Waals surface area contributed by atoms with Crippen molar-refractivity contribution in [3.63, 3.8) is 0 Å². The van der Waals surface area contributed by atoms with Crippen LogP contribution in [0.3, 0.4) is 0 Å². The Hall–Kier alpha value is -0.580. The molecule has 0 fully saturated rings. The normalized spacial score (nSPS) is 19.2. The summed E-state index contributed by atoms with van der Waals surface area (Å²) in [7, 11) is -5.19. The van der Waals surface area contributed by atoms with Gasteiger partial charge in [0.05, 0.1) is 6.61 Å². The lowest BCUT2D eigenvalue weighted by Gasteiger charge is -2.24. The molecule has 7 N–H and O–H groups in total. The highest BCUT2D eigenvalue weighted by atomic mass is 31.2. The summed E-state index contributed by atoms with van der Waals surface area (Å²) in [4.78, 5) is 27.3.